The van der Waals surface area contributed by atoms with Crippen molar-refractivity contribution in [3.05, 3.63) is 30.9 Å². The molecule has 0 saturated carbocycles. The molecule has 0 unspecified atom stereocenters. The molecule has 0 spiro atoms. The lowest BCUT2D eigenvalue weighted by Crippen LogP contribution is -1.93. The van der Waals surface area contributed by atoms with Crippen LogP contribution in [-0.4, -0.2) is 9.55 Å². The monoisotopic (exact) mass is 148 g/mol. The number of hydrogen-bond donors (Lipinski definition) is 0. The highest BCUT2D eigenvalue weighted by atomic mass is 15.1. The Kier molecular flexibility index (Phi) is 2.26. The number of nitrogens with zero attached hydrogens (tertiary/aromatic N) is 2. The van der Waals surface area contributed by atoms with E-state index in [2.05, 4.69) is 11.6 Å². The summed E-state index contributed by atoms with van der Waals surface area (Å²) in [6.07, 6.45) is 7.47. The van der Waals surface area contributed by atoms with Gasteiger partial charge in [-0.05, 0) is 19.9 Å². The first kappa shape index (κ1) is 7.79. The van der Waals surface area contributed by atoms with E-state index in [-0.39, 0.29) is 0 Å². The summed E-state index contributed by atoms with van der Waals surface area (Å²) in [5.74, 6) is 0.889. The molecule has 1 aromatic heterocycles. The highest BCUT2D eigenvalue weighted by molar-refractivity contribution is 5.49. The maximum absolute atomic E-state index is 4.11. The van der Waals surface area contributed by atoms with E-state index in [1.54, 1.807) is 12.3 Å². The van der Waals surface area contributed by atoms with Crippen LogP contribution in [0.5, 0.6) is 0 Å². The van der Waals surface area contributed by atoms with Gasteiger partial charge in [0, 0.05) is 18.1 Å². The second-order valence-electron chi connectivity index (χ2n) is 2.29. The molecule has 11 heavy (non-hydrogen) atoms. The van der Waals surface area contributed by atoms with Crippen LogP contribution in [0, 0.1) is 0 Å². The van der Waals surface area contributed by atoms with Crippen LogP contribution in [0.1, 0.15) is 19.7 Å². The fourth-order valence-electron chi connectivity index (χ4n) is 0.903. The van der Waals surface area contributed by atoms with E-state index in [9.17, 15) is 0 Å². The average Bonchev–Trinajstić information content (AvgIpc) is 2.50. The Morgan fingerprint density at radius 3 is 3.00 bits per heavy atom. The van der Waals surface area contributed by atoms with Crippen molar-refractivity contribution >= 4 is 11.8 Å². The quantitative estimate of drug-likeness (QED) is 0.629. The Morgan fingerprint density at radius 1 is 1.73 bits per heavy atom. The van der Waals surface area contributed by atoms with Gasteiger partial charge in [0.25, 0.3) is 0 Å². The summed E-state index contributed by atoms with van der Waals surface area (Å²) in [6, 6.07) is 0. The van der Waals surface area contributed by atoms with Gasteiger partial charge in [0.1, 0.15) is 5.82 Å². The third-order valence-corrected chi connectivity index (χ3v) is 1.65. The first-order chi connectivity index (χ1) is 5.29. The lowest BCUT2D eigenvalue weighted by atomic mass is 10.4. The van der Waals surface area contributed by atoms with E-state index < -0.39 is 0 Å². The predicted molar refractivity (Wildman–Crippen MR) is 47.9 cm³/mol. The highest BCUT2D eigenvalue weighted by Gasteiger charge is 1.97. The number of allylic oxidation sites excluding steroid dienone is 2. The van der Waals surface area contributed by atoms with Crippen LogP contribution in [0.3, 0.4) is 0 Å². The van der Waals surface area contributed by atoms with Gasteiger partial charge in [-0.1, -0.05) is 12.7 Å². The van der Waals surface area contributed by atoms with E-state index in [4.69, 9.17) is 0 Å². The molecule has 0 bridgehead atoms. The van der Waals surface area contributed by atoms with E-state index in [0.717, 1.165) is 11.5 Å². The van der Waals surface area contributed by atoms with Crippen molar-refractivity contribution in [1.82, 2.24) is 9.55 Å². The minimum Gasteiger partial charge on any atom is -0.305 e. The third-order valence-electron chi connectivity index (χ3n) is 1.65. The van der Waals surface area contributed by atoms with E-state index in [1.165, 1.54) is 0 Å². The van der Waals surface area contributed by atoms with Crippen molar-refractivity contribution in [1.29, 1.82) is 0 Å². The molecule has 0 aliphatic heterocycles. The van der Waals surface area contributed by atoms with Crippen LogP contribution in [0.4, 0.5) is 0 Å². The Morgan fingerprint density at radius 2 is 2.45 bits per heavy atom. The minimum absolute atomic E-state index is 0.889. The topological polar surface area (TPSA) is 17.8 Å². The molecular formula is C9H12N2. The molecule has 0 N–H and O–H groups in total. The molecule has 58 valence electrons. The molecule has 0 atom stereocenters. The molecule has 1 aromatic rings. The van der Waals surface area contributed by atoms with Crippen LogP contribution in [0.25, 0.3) is 11.8 Å². The fraction of sp³-hybridized carbons (Fsp3) is 0.222. The van der Waals surface area contributed by atoms with Gasteiger partial charge >= 0.3 is 0 Å². The van der Waals surface area contributed by atoms with Crippen molar-refractivity contribution in [2.75, 3.05) is 0 Å². The second-order valence-corrected chi connectivity index (χ2v) is 2.29. The molecule has 0 aliphatic rings. The van der Waals surface area contributed by atoms with Gasteiger partial charge in [-0.15, -0.1) is 0 Å². The average molecular weight is 148 g/mol. The largest absolute Gasteiger partial charge is 0.305 e. The number of hydrogen-bond acceptors (Lipinski definition) is 1. The zero-order chi connectivity index (χ0) is 8.27. The summed E-state index contributed by atoms with van der Waals surface area (Å²) in [5.41, 5.74) is 1.16. The molecule has 0 saturated heterocycles. The van der Waals surface area contributed by atoms with Crippen LogP contribution in [0.2, 0.25) is 0 Å². The maximum Gasteiger partial charge on any atom is 0.136 e. The summed E-state index contributed by atoms with van der Waals surface area (Å²) in [4.78, 5) is 4.11. The van der Waals surface area contributed by atoms with Crippen molar-refractivity contribution in [2.45, 2.75) is 13.8 Å². The first-order valence-electron chi connectivity index (χ1n) is 3.58. The summed E-state index contributed by atoms with van der Waals surface area (Å²) < 4.78 is 1.99. The molecule has 0 amide bonds. The molecule has 2 heteroatoms. The molecule has 1 heterocycles. The third kappa shape index (κ3) is 1.40. The van der Waals surface area contributed by atoms with Gasteiger partial charge in [-0.2, -0.15) is 0 Å². The van der Waals surface area contributed by atoms with Crippen molar-refractivity contribution in [3.63, 3.8) is 0 Å². The highest BCUT2D eigenvalue weighted by Crippen LogP contribution is 2.07. The van der Waals surface area contributed by atoms with E-state index in [1.807, 2.05) is 30.7 Å². The summed E-state index contributed by atoms with van der Waals surface area (Å²) in [5, 5.41) is 0. The normalized spacial score (nSPS) is 11.6. The molecule has 2 nitrogen and oxygen atoms in total. The lowest BCUT2D eigenvalue weighted by molar-refractivity contribution is 1.05. The zero-order valence-electron chi connectivity index (χ0n) is 6.91. The summed E-state index contributed by atoms with van der Waals surface area (Å²) in [6.45, 7) is 7.71. The molecule has 0 radical (unpaired) electrons. The van der Waals surface area contributed by atoms with Gasteiger partial charge < -0.3 is 4.57 Å². The van der Waals surface area contributed by atoms with Crippen molar-refractivity contribution in [3.8, 4) is 0 Å². The number of rotatable bonds is 2. The molecule has 0 aliphatic carbocycles. The maximum atomic E-state index is 4.11. The number of imidazole rings is 1. The van der Waals surface area contributed by atoms with Crippen LogP contribution < -0.4 is 0 Å². The molecule has 0 fully saturated rings. The molecule has 1 rings (SSSR count). The standard InChI is InChI=1S/C9H12N2/c1-4-8(3)11-7-6-10-9(11)5-2/h4-7H,2H2,1,3H3/b8-4-. The summed E-state index contributed by atoms with van der Waals surface area (Å²) >= 11 is 0. The Bertz CT molecular complexity index is 282. The first-order valence-corrected chi connectivity index (χ1v) is 3.58. The van der Waals surface area contributed by atoms with Gasteiger partial charge in [-0.3, -0.25) is 0 Å². The molecule has 0 aromatic carbocycles. The zero-order valence-corrected chi connectivity index (χ0v) is 6.91. The Balaban J connectivity index is 3.12. The smallest absolute Gasteiger partial charge is 0.136 e. The molecular weight excluding hydrogens is 136 g/mol. The van der Waals surface area contributed by atoms with Gasteiger partial charge in [0.15, 0.2) is 0 Å². The SMILES string of the molecule is C=Cc1nccn1/C(C)=C\C. The van der Waals surface area contributed by atoms with E-state index in [0.29, 0.717) is 0 Å². The summed E-state index contributed by atoms with van der Waals surface area (Å²) in [7, 11) is 0. The number of aromatic nitrogens is 2. The van der Waals surface area contributed by atoms with Crippen LogP contribution in [-0.2, 0) is 0 Å². The van der Waals surface area contributed by atoms with Gasteiger partial charge in [0.05, 0.1) is 0 Å². The van der Waals surface area contributed by atoms with E-state index >= 15 is 0 Å². The van der Waals surface area contributed by atoms with Crippen molar-refractivity contribution in [2.24, 2.45) is 0 Å². The van der Waals surface area contributed by atoms with Gasteiger partial charge in [0.2, 0.25) is 0 Å². The predicted octanol–water partition coefficient (Wildman–Crippen LogP) is 2.41. The van der Waals surface area contributed by atoms with Crippen LogP contribution >= 0.6 is 0 Å². The van der Waals surface area contributed by atoms with Crippen molar-refractivity contribution < 1.29 is 0 Å². The van der Waals surface area contributed by atoms with Gasteiger partial charge in [-0.25, -0.2) is 4.98 Å². The second kappa shape index (κ2) is 3.19. The Labute approximate surface area is 66.9 Å². The van der Waals surface area contributed by atoms with Crippen LogP contribution in [0.15, 0.2) is 25.0 Å². The Hall–Kier alpha value is -1.31. The minimum atomic E-state index is 0.889. The lowest BCUT2D eigenvalue weighted by Gasteiger charge is -2.02. The fourth-order valence-corrected chi connectivity index (χ4v) is 0.903.